The molecular weight excluding hydrogens is 280 g/mol. The van der Waals surface area contributed by atoms with E-state index >= 15 is 0 Å². The van der Waals surface area contributed by atoms with Gasteiger partial charge in [0.1, 0.15) is 5.82 Å². The molecule has 0 saturated heterocycles. The molecule has 17 heavy (non-hydrogen) atoms. The Morgan fingerprint density at radius 1 is 1.47 bits per heavy atom. The zero-order valence-corrected chi connectivity index (χ0v) is 11.5. The lowest BCUT2D eigenvalue weighted by atomic mass is 10.3. The molecule has 2 rings (SSSR count). The smallest absolute Gasteiger partial charge is 0.126 e. The van der Waals surface area contributed by atoms with Crippen LogP contribution in [0.1, 0.15) is 12.6 Å². The van der Waals surface area contributed by atoms with Gasteiger partial charge in [0.05, 0.1) is 12.2 Å². The van der Waals surface area contributed by atoms with E-state index in [0.29, 0.717) is 0 Å². The summed E-state index contributed by atoms with van der Waals surface area (Å²) in [6.07, 6.45) is 3.74. The number of halogens is 1. The van der Waals surface area contributed by atoms with Gasteiger partial charge in [0.15, 0.2) is 0 Å². The van der Waals surface area contributed by atoms with Crippen molar-refractivity contribution >= 4 is 21.7 Å². The van der Waals surface area contributed by atoms with Crippen molar-refractivity contribution in [2.45, 2.75) is 26.4 Å². The predicted octanol–water partition coefficient (Wildman–Crippen LogP) is 2.85. The van der Waals surface area contributed by atoms with Crippen molar-refractivity contribution in [2.24, 2.45) is 0 Å². The Morgan fingerprint density at radius 3 is 2.94 bits per heavy atom. The normalized spacial score (nSPS) is 12.4. The van der Waals surface area contributed by atoms with Crippen LogP contribution in [-0.2, 0) is 6.54 Å². The van der Waals surface area contributed by atoms with Gasteiger partial charge in [-0.1, -0.05) is 0 Å². The first-order valence-electron chi connectivity index (χ1n) is 5.52. The van der Waals surface area contributed by atoms with E-state index in [1.807, 2.05) is 36.0 Å². The van der Waals surface area contributed by atoms with Crippen LogP contribution in [-0.4, -0.2) is 20.8 Å². The third-order valence-corrected chi connectivity index (χ3v) is 3.27. The number of rotatable bonds is 4. The van der Waals surface area contributed by atoms with Gasteiger partial charge in [0.2, 0.25) is 0 Å². The van der Waals surface area contributed by atoms with Gasteiger partial charge in [-0.05, 0) is 48.0 Å². The number of nitrogens with zero attached hydrogens (tertiary/aromatic N) is 3. The minimum atomic E-state index is 0.281. The molecule has 0 aliphatic heterocycles. The van der Waals surface area contributed by atoms with E-state index in [1.54, 1.807) is 6.20 Å². The van der Waals surface area contributed by atoms with E-state index in [2.05, 4.69) is 38.3 Å². The third-order valence-electron chi connectivity index (χ3n) is 2.44. The topological polar surface area (TPSA) is 42.7 Å². The maximum absolute atomic E-state index is 4.45. The van der Waals surface area contributed by atoms with Gasteiger partial charge in [0, 0.05) is 22.9 Å². The maximum Gasteiger partial charge on any atom is 0.126 e. The Balaban J connectivity index is 1.98. The van der Waals surface area contributed by atoms with Crippen LogP contribution in [0, 0.1) is 6.92 Å². The SMILES string of the molecule is Cc1nc(NC(C)Cn2cccn2)ccc1Br. The molecule has 1 unspecified atom stereocenters. The highest BCUT2D eigenvalue weighted by molar-refractivity contribution is 9.10. The molecule has 4 nitrogen and oxygen atoms in total. The quantitative estimate of drug-likeness (QED) is 0.943. The lowest BCUT2D eigenvalue weighted by Gasteiger charge is -2.15. The summed E-state index contributed by atoms with van der Waals surface area (Å²) in [5.74, 6) is 0.894. The summed E-state index contributed by atoms with van der Waals surface area (Å²) in [6.45, 7) is 4.91. The van der Waals surface area contributed by atoms with Crippen molar-refractivity contribution in [1.29, 1.82) is 0 Å². The number of aromatic nitrogens is 3. The Labute approximate surface area is 109 Å². The second kappa shape index (κ2) is 5.31. The van der Waals surface area contributed by atoms with Gasteiger partial charge in [-0.3, -0.25) is 4.68 Å². The highest BCUT2D eigenvalue weighted by Gasteiger charge is 2.05. The molecule has 0 radical (unpaired) electrons. The fourth-order valence-corrected chi connectivity index (χ4v) is 1.83. The zero-order chi connectivity index (χ0) is 12.3. The molecule has 2 aromatic heterocycles. The Kier molecular flexibility index (Phi) is 3.78. The Morgan fingerprint density at radius 2 is 2.29 bits per heavy atom. The molecule has 0 spiro atoms. The molecule has 2 heterocycles. The van der Waals surface area contributed by atoms with Crippen LogP contribution < -0.4 is 5.32 Å². The van der Waals surface area contributed by atoms with Crippen LogP contribution in [0.3, 0.4) is 0 Å². The van der Waals surface area contributed by atoms with Gasteiger partial charge in [0.25, 0.3) is 0 Å². The summed E-state index contributed by atoms with van der Waals surface area (Å²) < 4.78 is 2.94. The van der Waals surface area contributed by atoms with Gasteiger partial charge in [-0.25, -0.2) is 4.98 Å². The lowest BCUT2D eigenvalue weighted by Crippen LogP contribution is -2.22. The third kappa shape index (κ3) is 3.30. The van der Waals surface area contributed by atoms with Gasteiger partial charge >= 0.3 is 0 Å². The van der Waals surface area contributed by atoms with E-state index in [1.165, 1.54) is 0 Å². The van der Waals surface area contributed by atoms with Gasteiger partial charge < -0.3 is 5.32 Å². The van der Waals surface area contributed by atoms with E-state index < -0.39 is 0 Å². The molecule has 0 saturated carbocycles. The van der Waals surface area contributed by atoms with E-state index in [0.717, 1.165) is 22.5 Å². The average Bonchev–Trinajstić information content (AvgIpc) is 2.76. The van der Waals surface area contributed by atoms with Crippen LogP contribution in [0.5, 0.6) is 0 Å². The highest BCUT2D eigenvalue weighted by atomic mass is 79.9. The second-order valence-electron chi connectivity index (χ2n) is 4.04. The van der Waals surface area contributed by atoms with E-state index in [9.17, 15) is 0 Å². The number of aryl methyl sites for hydroxylation is 1. The van der Waals surface area contributed by atoms with Gasteiger partial charge in [-0.15, -0.1) is 0 Å². The van der Waals surface area contributed by atoms with Crippen LogP contribution in [0.4, 0.5) is 5.82 Å². The minimum Gasteiger partial charge on any atom is -0.366 e. The standard InChI is InChI=1S/C12H15BrN4/c1-9(8-17-7-3-6-14-17)15-12-5-4-11(13)10(2)16-12/h3-7,9H,8H2,1-2H3,(H,15,16). The number of pyridine rings is 1. The Hall–Kier alpha value is -1.36. The second-order valence-corrected chi connectivity index (χ2v) is 4.89. The number of anilines is 1. The first-order valence-corrected chi connectivity index (χ1v) is 6.31. The summed E-state index contributed by atoms with van der Waals surface area (Å²) in [5, 5.41) is 7.53. The van der Waals surface area contributed by atoms with Crippen LogP contribution in [0.15, 0.2) is 35.1 Å². The summed E-state index contributed by atoms with van der Waals surface area (Å²) in [4.78, 5) is 4.45. The molecular formula is C12H15BrN4. The molecule has 2 aromatic rings. The van der Waals surface area contributed by atoms with Crippen molar-refractivity contribution in [3.05, 3.63) is 40.8 Å². The molecule has 0 bridgehead atoms. The Bertz CT molecular complexity index is 481. The van der Waals surface area contributed by atoms with Crippen molar-refractivity contribution in [1.82, 2.24) is 14.8 Å². The molecule has 0 aliphatic carbocycles. The van der Waals surface area contributed by atoms with Crippen molar-refractivity contribution in [2.75, 3.05) is 5.32 Å². The fraction of sp³-hybridized carbons (Fsp3) is 0.333. The molecule has 0 aliphatic rings. The van der Waals surface area contributed by atoms with Crippen molar-refractivity contribution in [3.63, 3.8) is 0 Å². The van der Waals surface area contributed by atoms with Gasteiger partial charge in [-0.2, -0.15) is 5.10 Å². The summed E-state index contributed by atoms with van der Waals surface area (Å²) in [7, 11) is 0. The van der Waals surface area contributed by atoms with Crippen molar-refractivity contribution < 1.29 is 0 Å². The molecule has 1 atom stereocenters. The largest absolute Gasteiger partial charge is 0.366 e. The molecule has 0 amide bonds. The van der Waals surface area contributed by atoms with Crippen LogP contribution >= 0.6 is 15.9 Å². The average molecular weight is 295 g/mol. The highest BCUT2D eigenvalue weighted by Crippen LogP contribution is 2.16. The van der Waals surface area contributed by atoms with Crippen LogP contribution in [0.25, 0.3) is 0 Å². The number of nitrogens with one attached hydrogen (secondary N) is 1. The fourth-order valence-electron chi connectivity index (χ4n) is 1.61. The molecule has 1 N–H and O–H groups in total. The van der Waals surface area contributed by atoms with E-state index in [4.69, 9.17) is 0 Å². The zero-order valence-electron chi connectivity index (χ0n) is 9.89. The molecule has 0 aromatic carbocycles. The van der Waals surface area contributed by atoms with Crippen LogP contribution in [0.2, 0.25) is 0 Å². The molecule has 5 heteroatoms. The first-order chi connectivity index (χ1) is 8.15. The first kappa shape index (κ1) is 12.1. The van der Waals surface area contributed by atoms with Crippen molar-refractivity contribution in [3.8, 4) is 0 Å². The summed E-state index contributed by atoms with van der Waals surface area (Å²) in [6, 6.07) is 6.18. The molecule has 0 fully saturated rings. The summed E-state index contributed by atoms with van der Waals surface area (Å²) in [5.41, 5.74) is 0.987. The summed E-state index contributed by atoms with van der Waals surface area (Å²) >= 11 is 3.44. The maximum atomic E-state index is 4.45. The molecule has 90 valence electrons. The minimum absolute atomic E-state index is 0.281. The predicted molar refractivity (Wildman–Crippen MR) is 72.0 cm³/mol. The number of hydrogen-bond acceptors (Lipinski definition) is 3. The lowest BCUT2D eigenvalue weighted by molar-refractivity contribution is 0.559. The monoisotopic (exact) mass is 294 g/mol. The number of hydrogen-bond donors (Lipinski definition) is 1. The van der Waals surface area contributed by atoms with E-state index in [-0.39, 0.29) is 6.04 Å².